The molecule has 2 heterocycles. The molecule has 0 aliphatic heterocycles. The highest BCUT2D eigenvalue weighted by Crippen LogP contribution is 2.29. The highest BCUT2D eigenvalue weighted by molar-refractivity contribution is 6.04. The van der Waals surface area contributed by atoms with Crippen LogP contribution in [0.15, 0.2) is 73.1 Å². The van der Waals surface area contributed by atoms with E-state index in [2.05, 4.69) is 36.6 Å². The van der Waals surface area contributed by atoms with Crippen molar-refractivity contribution in [2.75, 3.05) is 17.7 Å². The van der Waals surface area contributed by atoms with Gasteiger partial charge in [0.25, 0.3) is 5.91 Å². The minimum atomic E-state index is -0.706. The van der Waals surface area contributed by atoms with Gasteiger partial charge in [0.15, 0.2) is 0 Å². The highest BCUT2D eigenvalue weighted by Gasteiger charge is 2.21. The zero-order valence-electron chi connectivity index (χ0n) is 21.4. The van der Waals surface area contributed by atoms with Gasteiger partial charge in [0.1, 0.15) is 5.82 Å². The molecule has 0 atom stereocenters. The monoisotopic (exact) mass is 506 g/mol. The second-order valence-corrected chi connectivity index (χ2v) is 9.18. The molecule has 0 unspecified atom stereocenters. The Balaban J connectivity index is 1.60. The number of benzene rings is 2. The topological polar surface area (TPSA) is 130 Å². The first kappa shape index (κ1) is 26.0. The van der Waals surface area contributed by atoms with E-state index in [-0.39, 0.29) is 5.91 Å². The van der Waals surface area contributed by atoms with E-state index in [4.69, 9.17) is 0 Å². The lowest BCUT2D eigenvalue weighted by atomic mass is 9.85. The molecule has 0 saturated heterocycles. The standard InChI is InChI=1S/C29H26N6O3/c1-18-8-9-23(33-27(36)20-6-5-7-22(12-20)29(2,3)17-30)15-24(18)25-13-21(16-32-35-25)19-10-11-31-26(14-19)34-28(37)38-4/h5-16H,1-4H3,(H,33,36)(H,31,34,37). The smallest absolute Gasteiger partial charge is 0.412 e. The number of hydrogen-bond donors (Lipinski definition) is 2. The summed E-state index contributed by atoms with van der Waals surface area (Å²) in [5.41, 5.74) is 5.06. The Bertz CT molecular complexity index is 1560. The van der Waals surface area contributed by atoms with Gasteiger partial charge in [-0.1, -0.05) is 18.2 Å². The maximum atomic E-state index is 13.0. The van der Waals surface area contributed by atoms with E-state index in [0.29, 0.717) is 22.8 Å². The van der Waals surface area contributed by atoms with E-state index in [1.807, 2.05) is 51.1 Å². The van der Waals surface area contributed by atoms with Gasteiger partial charge in [0.05, 0.1) is 30.5 Å². The third-order valence-electron chi connectivity index (χ3n) is 6.06. The minimum Gasteiger partial charge on any atom is -0.453 e. The van der Waals surface area contributed by atoms with Crippen molar-refractivity contribution in [1.29, 1.82) is 5.26 Å². The van der Waals surface area contributed by atoms with Gasteiger partial charge in [0, 0.05) is 28.6 Å². The van der Waals surface area contributed by atoms with Crippen LogP contribution >= 0.6 is 0 Å². The molecule has 38 heavy (non-hydrogen) atoms. The number of nitrogens with zero attached hydrogens (tertiary/aromatic N) is 4. The van der Waals surface area contributed by atoms with Gasteiger partial charge in [-0.15, -0.1) is 0 Å². The van der Waals surface area contributed by atoms with Gasteiger partial charge in [-0.3, -0.25) is 10.1 Å². The van der Waals surface area contributed by atoms with Crippen LogP contribution in [0.25, 0.3) is 22.4 Å². The number of ether oxygens (including phenoxy) is 1. The summed E-state index contributed by atoms with van der Waals surface area (Å²) in [6.07, 6.45) is 2.59. The van der Waals surface area contributed by atoms with Gasteiger partial charge >= 0.3 is 6.09 Å². The predicted molar refractivity (Wildman–Crippen MR) is 144 cm³/mol. The fraction of sp³-hybridized carbons (Fsp3) is 0.172. The third kappa shape index (κ3) is 5.82. The Morgan fingerprint density at radius 3 is 2.58 bits per heavy atom. The van der Waals surface area contributed by atoms with Crippen LogP contribution < -0.4 is 10.6 Å². The predicted octanol–water partition coefficient (Wildman–Crippen LogP) is 5.75. The van der Waals surface area contributed by atoms with Crippen LogP contribution in [-0.4, -0.2) is 34.3 Å². The molecule has 0 bridgehead atoms. The van der Waals surface area contributed by atoms with Crippen LogP contribution in [-0.2, 0) is 10.2 Å². The first-order chi connectivity index (χ1) is 18.2. The van der Waals surface area contributed by atoms with E-state index in [1.54, 1.807) is 42.7 Å². The molecule has 0 aliphatic carbocycles. The number of pyridine rings is 1. The normalized spacial score (nSPS) is 10.8. The number of aryl methyl sites for hydroxylation is 1. The molecular formula is C29H26N6O3. The molecule has 9 nitrogen and oxygen atoms in total. The van der Waals surface area contributed by atoms with E-state index >= 15 is 0 Å². The maximum Gasteiger partial charge on any atom is 0.412 e. The third-order valence-corrected chi connectivity index (χ3v) is 6.06. The number of anilines is 2. The summed E-state index contributed by atoms with van der Waals surface area (Å²) in [5.74, 6) is 0.0634. The molecule has 0 saturated carbocycles. The molecule has 2 amide bonds. The van der Waals surface area contributed by atoms with Crippen molar-refractivity contribution in [1.82, 2.24) is 15.2 Å². The molecule has 2 aromatic carbocycles. The molecule has 0 spiro atoms. The fourth-order valence-electron chi connectivity index (χ4n) is 3.78. The summed E-state index contributed by atoms with van der Waals surface area (Å²) in [6, 6.07) is 20.3. The van der Waals surface area contributed by atoms with Crippen molar-refractivity contribution < 1.29 is 14.3 Å². The molecule has 9 heteroatoms. The van der Waals surface area contributed by atoms with E-state index < -0.39 is 11.5 Å². The number of aromatic nitrogens is 3. The van der Waals surface area contributed by atoms with Gasteiger partial charge in [0.2, 0.25) is 0 Å². The molecule has 4 aromatic rings. The van der Waals surface area contributed by atoms with Crippen molar-refractivity contribution >= 4 is 23.5 Å². The number of nitrogens with one attached hydrogen (secondary N) is 2. The lowest BCUT2D eigenvalue weighted by Gasteiger charge is -2.16. The van der Waals surface area contributed by atoms with E-state index in [1.165, 1.54) is 7.11 Å². The summed E-state index contributed by atoms with van der Waals surface area (Å²) in [5, 5.41) is 23.4. The van der Waals surface area contributed by atoms with Crippen molar-refractivity contribution in [3.8, 4) is 28.5 Å². The Hall–Kier alpha value is -5.10. The number of carbonyl (C=O) groups excluding carboxylic acids is 2. The van der Waals surface area contributed by atoms with Crippen molar-refractivity contribution in [3.05, 3.63) is 89.7 Å². The van der Waals surface area contributed by atoms with Crippen molar-refractivity contribution in [3.63, 3.8) is 0 Å². The lowest BCUT2D eigenvalue weighted by Crippen LogP contribution is -2.17. The Morgan fingerprint density at radius 2 is 1.82 bits per heavy atom. The van der Waals surface area contributed by atoms with Crippen LogP contribution in [0, 0.1) is 18.3 Å². The number of rotatable bonds is 6. The maximum absolute atomic E-state index is 13.0. The first-order valence-electron chi connectivity index (χ1n) is 11.8. The first-order valence-corrected chi connectivity index (χ1v) is 11.8. The average Bonchev–Trinajstić information content (AvgIpc) is 2.94. The van der Waals surface area contributed by atoms with Crippen molar-refractivity contribution in [2.24, 2.45) is 0 Å². The van der Waals surface area contributed by atoms with Gasteiger partial charge in [-0.25, -0.2) is 9.78 Å². The fourth-order valence-corrected chi connectivity index (χ4v) is 3.78. The summed E-state index contributed by atoms with van der Waals surface area (Å²) < 4.78 is 4.63. The largest absolute Gasteiger partial charge is 0.453 e. The number of nitriles is 1. The molecule has 0 fully saturated rings. The summed E-state index contributed by atoms with van der Waals surface area (Å²) in [6.45, 7) is 5.58. The van der Waals surface area contributed by atoms with Crippen molar-refractivity contribution in [2.45, 2.75) is 26.2 Å². The van der Waals surface area contributed by atoms with Gasteiger partial charge in [-0.2, -0.15) is 15.5 Å². The SMILES string of the molecule is COC(=O)Nc1cc(-c2cnnc(-c3cc(NC(=O)c4cccc(C(C)(C)C#N)c4)ccc3C)c2)ccn1. The average molecular weight is 507 g/mol. The number of amides is 2. The number of carbonyl (C=O) groups is 2. The quantitative estimate of drug-likeness (QED) is 0.341. The molecular weight excluding hydrogens is 480 g/mol. The molecule has 2 aromatic heterocycles. The van der Waals surface area contributed by atoms with Crippen LogP contribution in [0.4, 0.5) is 16.3 Å². The molecule has 0 radical (unpaired) electrons. The van der Waals surface area contributed by atoms with Gasteiger partial charge in [-0.05, 0) is 79.9 Å². The minimum absolute atomic E-state index is 0.280. The van der Waals surface area contributed by atoms with E-state index in [0.717, 1.165) is 27.8 Å². The van der Waals surface area contributed by atoms with Crippen LogP contribution in [0.1, 0.15) is 35.3 Å². The summed E-state index contributed by atoms with van der Waals surface area (Å²) in [4.78, 5) is 28.7. The summed E-state index contributed by atoms with van der Waals surface area (Å²) >= 11 is 0. The lowest BCUT2D eigenvalue weighted by molar-refractivity contribution is 0.102. The number of hydrogen-bond acceptors (Lipinski definition) is 7. The zero-order chi connectivity index (χ0) is 27.3. The molecule has 4 rings (SSSR count). The summed E-state index contributed by atoms with van der Waals surface area (Å²) in [7, 11) is 1.28. The second kappa shape index (κ2) is 10.9. The van der Waals surface area contributed by atoms with Gasteiger partial charge < -0.3 is 10.1 Å². The van der Waals surface area contributed by atoms with E-state index in [9.17, 15) is 14.9 Å². The van der Waals surface area contributed by atoms with Crippen LogP contribution in [0.3, 0.4) is 0 Å². The zero-order valence-corrected chi connectivity index (χ0v) is 21.4. The molecule has 0 aliphatic rings. The molecule has 2 N–H and O–H groups in total. The Morgan fingerprint density at radius 1 is 1.00 bits per heavy atom. The Labute approximate surface area is 220 Å². The number of methoxy groups -OCH3 is 1. The second-order valence-electron chi connectivity index (χ2n) is 9.18. The highest BCUT2D eigenvalue weighted by atomic mass is 16.5. The van der Waals surface area contributed by atoms with Crippen LogP contribution in [0.5, 0.6) is 0 Å². The van der Waals surface area contributed by atoms with Crippen LogP contribution in [0.2, 0.25) is 0 Å². The molecule has 190 valence electrons. The Kier molecular flexibility index (Phi) is 7.44.